The number of halogens is 1. The van der Waals surface area contributed by atoms with Crippen molar-refractivity contribution in [3.8, 4) is 0 Å². The van der Waals surface area contributed by atoms with E-state index in [-0.39, 0.29) is 23.7 Å². The van der Waals surface area contributed by atoms with Crippen molar-refractivity contribution in [3.05, 3.63) is 53.0 Å². The molecule has 4 rings (SSSR count). The molecule has 0 saturated carbocycles. The SMILES string of the molecule is Cc1nc(Cn2cc(CNc3nc(C)c4c(n3)N(C)[C@@H](C(C)C)C(=O)N4)cn2)ccc1F. The number of pyridine rings is 1. The first-order chi connectivity index (χ1) is 15.2. The summed E-state index contributed by atoms with van der Waals surface area (Å²) in [5.74, 6) is 0.970. The van der Waals surface area contributed by atoms with Crippen LogP contribution in [0.5, 0.6) is 0 Å². The number of hydrogen-bond acceptors (Lipinski definition) is 7. The Hall–Kier alpha value is -3.56. The molecule has 1 aliphatic heterocycles. The van der Waals surface area contributed by atoms with Gasteiger partial charge in [-0.2, -0.15) is 10.1 Å². The van der Waals surface area contributed by atoms with Gasteiger partial charge in [-0.1, -0.05) is 13.8 Å². The fourth-order valence-corrected chi connectivity index (χ4v) is 3.91. The number of carbonyl (C=O) groups is 1. The molecular formula is C22H27FN8O. The molecule has 9 nitrogen and oxygen atoms in total. The van der Waals surface area contributed by atoms with E-state index in [9.17, 15) is 9.18 Å². The van der Waals surface area contributed by atoms with Gasteiger partial charge >= 0.3 is 0 Å². The summed E-state index contributed by atoms with van der Waals surface area (Å²) in [6.45, 7) is 8.46. The number of amides is 1. The summed E-state index contributed by atoms with van der Waals surface area (Å²) < 4.78 is 15.2. The van der Waals surface area contributed by atoms with Gasteiger partial charge in [0.25, 0.3) is 0 Å². The summed E-state index contributed by atoms with van der Waals surface area (Å²) in [6.07, 6.45) is 3.66. The molecule has 2 N–H and O–H groups in total. The molecule has 1 amide bonds. The van der Waals surface area contributed by atoms with Crippen molar-refractivity contribution in [3.63, 3.8) is 0 Å². The van der Waals surface area contributed by atoms with Gasteiger partial charge in [0, 0.05) is 25.4 Å². The van der Waals surface area contributed by atoms with Gasteiger partial charge in [0.1, 0.15) is 17.5 Å². The molecule has 10 heteroatoms. The first-order valence-electron chi connectivity index (χ1n) is 10.5. The zero-order chi connectivity index (χ0) is 23.0. The van der Waals surface area contributed by atoms with Crippen LogP contribution in [-0.4, -0.2) is 43.7 Å². The van der Waals surface area contributed by atoms with E-state index in [1.807, 2.05) is 38.9 Å². The quantitative estimate of drug-likeness (QED) is 0.610. The lowest BCUT2D eigenvalue weighted by Crippen LogP contribution is -2.49. The maximum atomic E-state index is 13.4. The summed E-state index contributed by atoms with van der Waals surface area (Å²) in [6, 6.07) is 2.79. The lowest BCUT2D eigenvalue weighted by Gasteiger charge is -2.36. The van der Waals surface area contributed by atoms with E-state index in [2.05, 4.69) is 30.7 Å². The number of nitrogens with one attached hydrogen (secondary N) is 2. The number of fused-ring (bicyclic) bond motifs is 1. The van der Waals surface area contributed by atoms with Crippen LogP contribution in [0, 0.1) is 25.6 Å². The second-order valence-electron chi connectivity index (χ2n) is 8.39. The van der Waals surface area contributed by atoms with Crippen molar-refractivity contribution >= 4 is 23.4 Å². The average molecular weight is 439 g/mol. The number of nitrogens with zero attached hydrogens (tertiary/aromatic N) is 6. The van der Waals surface area contributed by atoms with Gasteiger partial charge < -0.3 is 15.5 Å². The van der Waals surface area contributed by atoms with Gasteiger partial charge in [0.2, 0.25) is 11.9 Å². The molecule has 0 saturated heterocycles. The van der Waals surface area contributed by atoms with Crippen LogP contribution in [0.4, 0.5) is 21.8 Å². The molecule has 0 bridgehead atoms. The van der Waals surface area contributed by atoms with E-state index in [0.29, 0.717) is 41.9 Å². The van der Waals surface area contributed by atoms with Crippen LogP contribution in [0.1, 0.15) is 36.5 Å². The molecule has 0 radical (unpaired) electrons. The third kappa shape index (κ3) is 4.25. The van der Waals surface area contributed by atoms with Gasteiger partial charge in [0.05, 0.1) is 29.8 Å². The minimum Gasteiger partial charge on any atom is -0.350 e. The highest BCUT2D eigenvalue weighted by molar-refractivity contribution is 6.03. The highest BCUT2D eigenvalue weighted by Gasteiger charge is 2.35. The average Bonchev–Trinajstić information content (AvgIpc) is 3.17. The molecular weight excluding hydrogens is 411 g/mol. The first-order valence-corrected chi connectivity index (χ1v) is 10.5. The Morgan fingerprint density at radius 2 is 1.97 bits per heavy atom. The molecule has 0 aromatic carbocycles. The zero-order valence-corrected chi connectivity index (χ0v) is 18.8. The Kier molecular flexibility index (Phi) is 5.77. The smallest absolute Gasteiger partial charge is 0.247 e. The number of likely N-dealkylation sites (N-methyl/N-ethyl adjacent to an activating group) is 1. The van der Waals surface area contributed by atoms with Crippen LogP contribution in [0.15, 0.2) is 24.5 Å². The number of carbonyl (C=O) groups excluding carboxylic acids is 1. The molecule has 3 aromatic rings. The molecule has 0 fully saturated rings. The monoisotopic (exact) mass is 438 g/mol. The van der Waals surface area contributed by atoms with Gasteiger partial charge in [0.15, 0.2) is 5.82 Å². The molecule has 1 aliphatic rings. The Labute approximate surface area is 186 Å². The van der Waals surface area contributed by atoms with Gasteiger partial charge in [-0.25, -0.2) is 9.37 Å². The second kappa shape index (κ2) is 8.52. The summed E-state index contributed by atoms with van der Waals surface area (Å²) in [7, 11) is 1.88. The lowest BCUT2D eigenvalue weighted by atomic mass is 9.99. The predicted molar refractivity (Wildman–Crippen MR) is 120 cm³/mol. The maximum Gasteiger partial charge on any atom is 0.247 e. The molecule has 168 valence electrons. The van der Waals surface area contributed by atoms with Gasteiger partial charge in [-0.05, 0) is 31.9 Å². The standard InChI is InChI=1S/C22H27FN8O/c1-12(2)19-21(32)28-18-14(4)27-22(29-20(18)30(19)5)24-8-15-9-25-31(10-15)11-16-6-7-17(23)13(3)26-16/h6-7,9-10,12,19H,8,11H2,1-5H3,(H,28,32)(H,24,27,29)/t19-/m0/s1. The third-order valence-corrected chi connectivity index (χ3v) is 5.51. The first kappa shape index (κ1) is 21.7. The summed E-state index contributed by atoms with van der Waals surface area (Å²) in [5.41, 5.74) is 3.41. The van der Waals surface area contributed by atoms with Crippen LogP contribution in [0.25, 0.3) is 0 Å². The lowest BCUT2D eigenvalue weighted by molar-refractivity contribution is -0.118. The Balaban J connectivity index is 1.46. The van der Waals surface area contributed by atoms with E-state index in [1.54, 1.807) is 23.9 Å². The normalized spacial score (nSPS) is 15.7. The van der Waals surface area contributed by atoms with E-state index < -0.39 is 0 Å². The van der Waals surface area contributed by atoms with Crippen molar-refractivity contribution in [1.29, 1.82) is 0 Å². The Bertz CT molecular complexity index is 1160. The predicted octanol–water partition coefficient (Wildman–Crippen LogP) is 2.90. The zero-order valence-electron chi connectivity index (χ0n) is 18.8. The number of rotatable bonds is 6. The fourth-order valence-electron chi connectivity index (χ4n) is 3.91. The van der Waals surface area contributed by atoms with Crippen LogP contribution in [-0.2, 0) is 17.9 Å². The molecule has 4 heterocycles. The molecule has 0 spiro atoms. The van der Waals surface area contributed by atoms with Gasteiger partial charge in [-0.15, -0.1) is 0 Å². The summed E-state index contributed by atoms with van der Waals surface area (Å²) >= 11 is 0. The molecule has 0 unspecified atom stereocenters. The van der Waals surface area contributed by atoms with Crippen LogP contribution < -0.4 is 15.5 Å². The minimum atomic E-state index is -0.315. The number of anilines is 3. The van der Waals surface area contributed by atoms with E-state index >= 15 is 0 Å². The Morgan fingerprint density at radius 1 is 1.19 bits per heavy atom. The fraction of sp³-hybridized carbons (Fsp3) is 0.409. The number of aromatic nitrogens is 5. The van der Waals surface area contributed by atoms with Crippen LogP contribution in [0.3, 0.4) is 0 Å². The largest absolute Gasteiger partial charge is 0.350 e. The van der Waals surface area contributed by atoms with Crippen molar-refractivity contribution < 1.29 is 9.18 Å². The second-order valence-corrected chi connectivity index (χ2v) is 8.39. The molecule has 32 heavy (non-hydrogen) atoms. The summed E-state index contributed by atoms with van der Waals surface area (Å²) in [4.78, 5) is 27.8. The van der Waals surface area contributed by atoms with E-state index in [4.69, 9.17) is 0 Å². The van der Waals surface area contributed by atoms with Crippen LogP contribution >= 0.6 is 0 Å². The number of hydrogen-bond donors (Lipinski definition) is 2. The third-order valence-electron chi connectivity index (χ3n) is 5.51. The van der Waals surface area contributed by atoms with Crippen molar-refractivity contribution in [2.45, 2.75) is 46.8 Å². The van der Waals surface area contributed by atoms with Crippen molar-refractivity contribution in [2.24, 2.45) is 5.92 Å². The van der Waals surface area contributed by atoms with Crippen molar-refractivity contribution in [1.82, 2.24) is 24.7 Å². The maximum absolute atomic E-state index is 13.4. The minimum absolute atomic E-state index is 0.0411. The van der Waals surface area contributed by atoms with Crippen molar-refractivity contribution in [2.75, 3.05) is 22.6 Å². The molecule has 1 atom stereocenters. The van der Waals surface area contributed by atoms with Gasteiger partial charge in [-0.3, -0.25) is 14.5 Å². The van der Waals surface area contributed by atoms with E-state index in [0.717, 1.165) is 11.3 Å². The number of aryl methyl sites for hydroxylation is 2. The topological polar surface area (TPSA) is 101 Å². The highest BCUT2D eigenvalue weighted by atomic mass is 19.1. The summed E-state index contributed by atoms with van der Waals surface area (Å²) in [5, 5.41) is 10.5. The molecule has 0 aliphatic carbocycles. The highest BCUT2D eigenvalue weighted by Crippen LogP contribution is 2.34. The van der Waals surface area contributed by atoms with E-state index in [1.165, 1.54) is 6.07 Å². The van der Waals surface area contributed by atoms with Crippen LogP contribution in [0.2, 0.25) is 0 Å². The molecule has 3 aromatic heterocycles. The Morgan fingerprint density at radius 3 is 2.69 bits per heavy atom.